The molecule has 7 heteroatoms. The zero-order chi connectivity index (χ0) is 15.8. The molecule has 2 rings (SSSR count). The molecule has 0 aliphatic heterocycles. The molecular formula is C14H11F3O4. The summed E-state index contributed by atoms with van der Waals surface area (Å²) in [6.45, 7) is 1.87. The van der Waals surface area contributed by atoms with E-state index in [2.05, 4.69) is 0 Å². The number of rotatable bonds is 3. The number of carbonyl (C=O) groups excluding carboxylic acids is 1. The van der Waals surface area contributed by atoms with Crippen molar-refractivity contribution in [2.75, 3.05) is 0 Å². The molecule has 0 bridgehead atoms. The lowest BCUT2D eigenvalue weighted by Gasteiger charge is -2.09. The van der Waals surface area contributed by atoms with Crippen molar-refractivity contribution < 1.29 is 27.5 Å². The maximum Gasteiger partial charge on any atom is 0.455 e. The molecule has 4 nitrogen and oxygen atoms in total. The van der Waals surface area contributed by atoms with Gasteiger partial charge in [-0.3, -0.25) is 4.79 Å². The van der Waals surface area contributed by atoms with Gasteiger partial charge in [-0.1, -0.05) is 25.5 Å². The SMILES string of the molecule is CCCc1cccc2c(O)c(C(=O)C(F)(F)F)c(=O)oc12. The van der Waals surface area contributed by atoms with E-state index in [-0.39, 0.29) is 11.0 Å². The van der Waals surface area contributed by atoms with Crippen molar-refractivity contribution in [3.63, 3.8) is 0 Å². The van der Waals surface area contributed by atoms with Crippen LogP contribution in [0.2, 0.25) is 0 Å². The van der Waals surface area contributed by atoms with E-state index >= 15 is 0 Å². The maximum atomic E-state index is 12.5. The zero-order valence-electron chi connectivity index (χ0n) is 11.0. The molecule has 0 unspecified atom stereocenters. The summed E-state index contributed by atoms with van der Waals surface area (Å²) in [4.78, 5) is 22.9. The van der Waals surface area contributed by atoms with E-state index in [9.17, 15) is 27.9 Å². The van der Waals surface area contributed by atoms with Crippen LogP contribution in [0.3, 0.4) is 0 Å². The van der Waals surface area contributed by atoms with Crippen LogP contribution >= 0.6 is 0 Å². The highest BCUT2D eigenvalue weighted by atomic mass is 19.4. The van der Waals surface area contributed by atoms with Crippen LogP contribution < -0.4 is 5.63 Å². The number of aromatic hydroxyl groups is 1. The normalized spacial score (nSPS) is 11.8. The second kappa shape index (κ2) is 5.23. The highest BCUT2D eigenvalue weighted by Crippen LogP contribution is 2.32. The Morgan fingerprint density at radius 1 is 1.33 bits per heavy atom. The van der Waals surface area contributed by atoms with E-state index in [1.165, 1.54) is 12.1 Å². The van der Waals surface area contributed by atoms with Crippen molar-refractivity contribution in [2.24, 2.45) is 0 Å². The van der Waals surface area contributed by atoms with Crippen LogP contribution in [-0.2, 0) is 6.42 Å². The number of ketones is 1. The van der Waals surface area contributed by atoms with E-state index in [1.54, 1.807) is 6.07 Å². The first-order valence-corrected chi connectivity index (χ1v) is 6.16. The Labute approximate surface area is 116 Å². The second-order valence-corrected chi connectivity index (χ2v) is 4.48. The number of hydrogen-bond acceptors (Lipinski definition) is 4. The minimum atomic E-state index is -5.26. The average molecular weight is 300 g/mol. The molecule has 0 aliphatic carbocycles. The van der Waals surface area contributed by atoms with E-state index in [0.717, 1.165) is 0 Å². The van der Waals surface area contributed by atoms with Gasteiger partial charge in [0.2, 0.25) is 0 Å². The van der Waals surface area contributed by atoms with Gasteiger partial charge >= 0.3 is 11.8 Å². The van der Waals surface area contributed by atoms with E-state index in [0.29, 0.717) is 18.4 Å². The Kier molecular flexibility index (Phi) is 3.76. The van der Waals surface area contributed by atoms with Gasteiger partial charge in [0.05, 0.1) is 5.39 Å². The zero-order valence-corrected chi connectivity index (χ0v) is 11.0. The van der Waals surface area contributed by atoms with Crippen molar-refractivity contribution >= 4 is 16.8 Å². The van der Waals surface area contributed by atoms with Gasteiger partial charge in [-0.15, -0.1) is 0 Å². The molecule has 1 heterocycles. The number of alkyl halides is 3. The standard InChI is InChI=1S/C14H11F3O4/c1-2-4-7-5-3-6-8-10(18)9(12(19)14(15,16)17)13(20)21-11(7)8/h3,5-6,18H,2,4H2,1H3. The highest BCUT2D eigenvalue weighted by molar-refractivity contribution is 6.05. The number of halogens is 3. The Balaban J connectivity index is 2.78. The van der Waals surface area contributed by atoms with Gasteiger partial charge in [-0.05, 0) is 18.1 Å². The van der Waals surface area contributed by atoms with Crippen LogP contribution in [0.25, 0.3) is 11.0 Å². The molecule has 1 aromatic heterocycles. The minimum absolute atomic E-state index is 0.000532. The molecule has 1 aromatic carbocycles. The Morgan fingerprint density at radius 2 is 2.00 bits per heavy atom. The molecule has 0 atom stereocenters. The Hall–Kier alpha value is -2.31. The summed E-state index contributed by atoms with van der Waals surface area (Å²) in [6.07, 6.45) is -4.03. The number of benzene rings is 1. The number of para-hydroxylation sites is 1. The molecule has 21 heavy (non-hydrogen) atoms. The third kappa shape index (κ3) is 2.63. The first-order valence-electron chi connectivity index (χ1n) is 6.16. The smallest absolute Gasteiger partial charge is 0.455 e. The van der Waals surface area contributed by atoms with Crippen LogP contribution in [0.4, 0.5) is 13.2 Å². The fourth-order valence-electron chi connectivity index (χ4n) is 2.08. The summed E-state index contributed by atoms with van der Waals surface area (Å²) >= 11 is 0. The summed E-state index contributed by atoms with van der Waals surface area (Å²) in [6, 6.07) is 4.44. The first-order chi connectivity index (χ1) is 9.77. The predicted molar refractivity (Wildman–Crippen MR) is 68.5 cm³/mol. The van der Waals surface area contributed by atoms with Gasteiger partial charge < -0.3 is 9.52 Å². The van der Waals surface area contributed by atoms with Gasteiger partial charge in [0.15, 0.2) is 5.56 Å². The van der Waals surface area contributed by atoms with Crippen molar-refractivity contribution in [1.82, 2.24) is 0 Å². The van der Waals surface area contributed by atoms with Crippen LogP contribution in [0.5, 0.6) is 5.75 Å². The van der Waals surface area contributed by atoms with Crippen LogP contribution in [-0.4, -0.2) is 17.1 Å². The fraction of sp³-hybridized carbons (Fsp3) is 0.286. The van der Waals surface area contributed by atoms with Crippen molar-refractivity contribution in [1.29, 1.82) is 0 Å². The maximum absolute atomic E-state index is 12.5. The largest absolute Gasteiger partial charge is 0.506 e. The highest BCUT2D eigenvalue weighted by Gasteiger charge is 2.43. The number of hydrogen-bond donors (Lipinski definition) is 1. The number of carbonyl (C=O) groups is 1. The molecule has 0 saturated heterocycles. The molecule has 0 amide bonds. The predicted octanol–water partition coefficient (Wildman–Crippen LogP) is 3.20. The van der Waals surface area contributed by atoms with Crippen molar-refractivity contribution in [3.8, 4) is 5.75 Å². The van der Waals surface area contributed by atoms with Gasteiger partial charge in [0.25, 0.3) is 5.78 Å². The van der Waals surface area contributed by atoms with E-state index in [4.69, 9.17) is 4.42 Å². The lowest BCUT2D eigenvalue weighted by molar-refractivity contribution is -0.0888. The quantitative estimate of drug-likeness (QED) is 0.698. The Bertz CT molecular complexity index is 759. The Morgan fingerprint density at radius 3 is 2.57 bits per heavy atom. The summed E-state index contributed by atoms with van der Waals surface area (Å²) < 4.78 is 42.2. The monoisotopic (exact) mass is 300 g/mol. The molecule has 0 aliphatic rings. The van der Waals surface area contributed by atoms with Crippen LogP contribution in [0.15, 0.2) is 27.4 Å². The minimum Gasteiger partial charge on any atom is -0.506 e. The molecular weight excluding hydrogens is 289 g/mol. The van der Waals surface area contributed by atoms with Crippen LogP contribution in [0, 0.1) is 0 Å². The summed E-state index contributed by atoms with van der Waals surface area (Å²) in [5.41, 5.74) is -2.30. The van der Waals surface area contributed by atoms with Gasteiger partial charge in [-0.2, -0.15) is 13.2 Å². The summed E-state index contributed by atoms with van der Waals surface area (Å²) in [7, 11) is 0. The summed E-state index contributed by atoms with van der Waals surface area (Å²) in [5.74, 6) is -3.42. The second-order valence-electron chi connectivity index (χ2n) is 4.48. The lowest BCUT2D eigenvalue weighted by atomic mass is 10.0. The molecule has 0 radical (unpaired) electrons. The molecule has 2 aromatic rings. The van der Waals surface area contributed by atoms with E-state index < -0.39 is 28.9 Å². The first kappa shape index (κ1) is 15.1. The molecule has 0 saturated carbocycles. The third-order valence-corrected chi connectivity index (χ3v) is 2.99. The van der Waals surface area contributed by atoms with Gasteiger partial charge in [0.1, 0.15) is 11.3 Å². The van der Waals surface area contributed by atoms with Crippen molar-refractivity contribution in [2.45, 2.75) is 25.9 Å². The fourth-order valence-corrected chi connectivity index (χ4v) is 2.08. The lowest BCUT2D eigenvalue weighted by Crippen LogP contribution is -2.28. The number of aryl methyl sites for hydroxylation is 1. The molecule has 1 N–H and O–H groups in total. The average Bonchev–Trinajstić information content (AvgIpc) is 2.39. The van der Waals surface area contributed by atoms with Crippen LogP contribution in [0.1, 0.15) is 29.3 Å². The third-order valence-electron chi connectivity index (χ3n) is 2.99. The summed E-state index contributed by atoms with van der Waals surface area (Å²) in [5, 5.41) is 9.79. The van der Waals surface area contributed by atoms with Crippen molar-refractivity contribution in [3.05, 3.63) is 39.7 Å². The molecule has 0 fully saturated rings. The molecule has 0 spiro atoms. The number of Topliss-reactive ketones (excluding diaryl/α,β-unsaturated/α-hetero) is 1. The van der Waals surface area contributed by atoms with Gasteiger partial charge in [-0.25, -0.2) is 4.79 Å². The molecule has 112 valence electrons. The number of fused-ring (bicyclic) bond motifs is 1. The van der Waals surface area contributed by atoms with E-state index in [1.807, 2.05) is 6.92 Å². The van der Waals surface area contributed by atoms with Gasteiger partial charge in [0, 0.05) is 0 Å². The topological polar surface area (TPSA) is 67.5 Å².